The molecule has 1 fully saturated rings. The molecule has 1 aliphatic rings. The smallest absolute Gasteiger partial charge is 0.279 e. The molecule has 0 saturated carbocycles. The van der Waals surface area contributed by atoms with Crippen molar-refractivity contribution in [2.75, 3.05) is 13.1 Å². The average molecular weight is 492 g/mol. The number of benzene rings is 2. The third-order valence-electron chi connectivity index (χ3n) is 5.83. The van der Waals surface area contributed by atoms with Crippen LogP contribution in [0.3, 0.4) is 0 Å². The quantitative estimate of drug-likeness (QED) is 0.605. The number of nitrogens with one attached hydrogen (secondary N) is 2. The summed E-state index contributed by atoms with van der Waals surface area (Å²) in [6.45, 7) is 7.43. The Morgan fingerprint density at radius 1 is 1.03 bits per heavy atom. The van der Waals surface area contributed by atoms with Gasteiger partial charge in [0.15, 0.2) is 6.10 Å². The number of rotatable bonds is 6. The van der Waals surface area contributed by atoms with Crippen molar-refractivity contribution in [3.05, 3.63) is 58.9 Å². The van der Waals surface area contributed by atoms with Gasteiger partial charge in [0, 0.05) is 19.0 Å². The molecule has 1 atom stereocenters. The zero-order valence-electron chi connectivity index (χ0n) is 19.7. The molecule has 0 aliphatic carbocycles. The van der Waals surface area contributed by atoms with Crippen LogP contribution in [0.15, 0.2) is 41.3 Å². The van der Waals surface area contributed by atoms with Crippen LogP contribution in [0.5, 0.6) is 5.75 Å². The van der Waals surface area contributed by atoms with Crippen LogP contribution in [-0.4, -0.2) is 43.7 Å². The lowest BCUT2D eigenvalue weighted by Crippen LogP contribution is -2.51. The van der Waals surface area contributed by atoms with Gasteiger partial charge in [-0.05, 0) is 75.9 Å². The monoisotopic (exact) mass is 491 g/mol. The molecule has 2 N–H and O–H groups in total. The highest BCUT2D eigenvalue weighted by Gasteiger charge is 2.34. The number of carbonyl (C=O) groups excluding carboxylic acids is 2. The minimum absolute atomic E-state index is 0.213. The lowest BCUT2D eigenvalue weighted by Gasteiger charge is -2.31. The third kappa shape index (κ3) is 5.92. The Morgan fingerprint density at radius 2 is 1.59 bits per heavy atom. The standard InChI is InChI=1S/C24H30FN3O5S/c1-15-13-16(2)22(17(3)14-15)34(31,32)28-11-9-19(10-12-28)24(30)27-26-23(29)18(4)33-21-7-5-20(25)6-8-21/h5-8,13-14,18-19H,9-12H2,1-4H3,(H,26,29)(H,27,30). The molecule has 2 aromatic rings. The summed E-state index contributed by atoms with van der Waals surface area (Å²) in [4.78, 5) is 25.1. The summed E-state index contributed by atoms with van der Waals surface area (Å²) in [5.74, 6) is -1.48. The van der Waals surface area contributed by atoms with E-state index >= 15 is 0 Å². The molecule has 0 aromatic heterocycles. The van der Waals surface area contributed by atoms with E-state index in [9.17, 15) is 22.4 Å². The van der Waals surface area contributed by atoms with Gasteiger partial charge >= 0.3 is 0 Å². The first-order valence-electron chi connectivity index (χ1n) is 11.1. The normalized spacial score (nSPS) is 16.0. The summed E-state index contributed by atoms with van der Waals surface area (Å²) < 4.78 is 46.2. The first-order chi connectivity index (χ1) is 16.0. The maximum absolute atomic E-state index is 13.2. The van der Waals surface area contributed by atoms with Crippen molar-refractivity contribution < 1.29 is 27.1 Å². The number of carbonyl (C=O) groups is 2. The summed E-state index contributed by atoms with van der Waals surface area (Å²) in [7, 11) is -3.67. The number of halogens is 1. The first-order valence-corrected chi connectivity index (χ1v) is 12.5. The van der Waals surface area contributed by atoms with Gasteiger partial charge < -0.3 is 4.74 Å². The topological polar surface area (TPSA) is 105 Å². The largest absolute Gasteiger partial charge is 0.481 e. The highest BCUT2D eigenvalue weighted by molar-refractivity contribution is 7.89. The second kappa shape index (κ2) is 10.5. The van der Waals surface area contributed by atoms with E-state index < -0.39 is 33.8 Å². The number of ether oxygens (including phenoxy) is 1. The maximum atomic E-state index is 13.2. The molecule has 3 rings (SSSR count). The van der Waals surface area contributed by atoms with E-state index in [4.69, 9.17) is 4.74 Å². The molecular formula is C24H30FN3O5S. The fraction of sp³-hybridized carbons (Fsp3) is 0.417. The molecule has 2 amide bonds. The summed E-state index contributed by atoms with van der Waals surface area (Å²) in [6.07, 6.45) is -0.238. The molecule has 34 heavy (non-hydrogen) atoms. The van der Waals surface area contributed by atoms with Crippen molar-refractivity contribution in [1.29, 1.82) is 0 Å². The SMILES string of the molecule is Cc1cc(C)c(S(=O)(=O)N2CCC(C(=O)NNC(=O)C(C)Oc3ccc(F)cc3)CC2)c(C)c1. The molecule has 0 radical (unpaired) electrons. The Morgan fingerprint density at radius 3 is 2.15 bits per heavy atom. The molecule has 10 heteroatoms. The Balaban J connectivity index is 1.51. The minimum atomic E-state index is -3.67. The van der Waals surface area contributed by atoms with Gasteiger partial charge in [-0.25, -0.2) is 12.8 Å². The van der Waals surface area contributed by atoms with Gasteiger partial charge in [-0.1, -0.05) is 17.7 Å². The van der Waals surface area contributed by atoms with Crippen LogP contribution in [0.25, 0.3) is 0 Å². The molecule has 184 valence electrons. The number of piperidine rings is 1. The van der Waals surface area contributed by atoms with Gasteiger partial charge in [0.25, 0.3) is 5.91 Å². The van der Waals surface area contributed by atoms with E-state index in [1.807, 2.05) is 19.1 Å². The number of sulfonamides is 1. The van der Waals surface area contributed by atoms with Crippen molar-refractivity contribution in [1.82, 2.24) is 15.2 Å². The lowest BCUT2D eigenvalue weighted by molar-refractivity contribution is -0.134. The van der Waals surface area contributed by atoms with Crippen molar-refractivity contribution in [2.45, 2.75) is 51.5 Å². The van der Waals surface area contributed by atoms with Gasteiger partial charge in [-0.2, -0.15) is 4.31 Å². The predicted molar refractivity (Wildman–Crippen MR) is 125 cm³/mol. The number of hydrogen-bond acceptors (Lipinski definition) is 5. The van der Waals surface area contributed by atoms with Gasteiger partial charge in [0.1, 0.15) is 11.6 Å². The van der Waals surface area contributed by atoms with E-state index in [1.54, 1.807) is 13.8 Å². The second-order valence-electron chi connectivity index (χ2n) is 8.60. The van der Waals surface area contributed by atoms with Crippen molar-refractivity contribution >= 4 is 21.8 Å². The molecule has 0 bridgehead atoms. The molecule has 1 unspecified atom stereocenters. The van der Waals surface area contributed by atoms with Crippen LogP contribution in [-0.2, 0) is 19.6 Å². The van der Waals surface area contributed by atoms with Gasteiger partial charge in [0.2, 0.25) is 15.9 Å². The zero-order valence-corrected chi connectivity index (χ0v) is 20.5. The Bertz CT molecular complexity index is 1140. The number of aryl methyl sites for hydroxylation is 3. The highest BCUT2D eigenvalue weighted by atomic mass is 32.2. The summed E-state index contributed by atoms with van der Waals surface area (Å²) in [5, 5.41) is 0. The number of nitrogens with zero attached hydrogens (tertiary/aromatic N) is 1. The number of hydrazine groups is 1. The van der Waals surface area contributed by atoms with Crippen LogP contribution in [0, 0.1) is 32.5 Å². The van der Waals surface area contributed by atoms with Gasteiger partial charge in [-0.15, -0.1) is 0 Å². The Kier molecular flexibility index (Phi) is 7.93. The van der Waals surface area contributed by atoms with Gasteiger partial charge in [0.05, 0.1) is 4.90 Å². The summed E-state index contributed by atoms with van der Waals surface area (Å²) in [6, 6.07) is 8.94. The predicted octanol–water partition coefficient (Wildman–Crippen LogP) is 2.77. The molecule has 1 aliphatic heterocycles. The summed E-state index contributed by atoms with van der Waals surface area (Å²) in [5.41, 5.74) is 7.14. The maximum Gasteiger partial charge on any atom is 0.279 e. The van der Waals surface area contributed by atoms with Crippen LogP contribution in [0.1, 0.15) is 36.5 Å². The Hall–Kier alpha value is -2.98. The van der Waals surface area contributed by atoms with E-state index in [2.05, 4.69) is 10.9 Å². The van der Waals surface area contributed by atoms with Crippen LogP contribution in [0.2, 0.25) is 0 Å². The van der Waals surface area contributed by atoms with E-state index in [-0.39, 0.29) is 19.0 Å². The summed E-state index contributed by atoms with van der Waals surface area (Å²) >= 11 is 0. The molecular weight excluding hydrogens is 461 g/mol. The highest BCUT2D eigenvalue weighted by Crippen LogP contribution is 2.28. The van der Waals surface area contributed by atoms with E-state index in [0.29, 0.717) is 34.6 Å². The van der Waals surface area contributed by atoms with Crippen molar-refractivity contribution in [2.24, 2.45) is 5.92 Å². The van der Waals surface area contributed by atoms with Crippen LogP contribution >= 0.6 is 0 Å². The fourth-order valence-electron chi connectivity index (χ4n) is 4.16. The van der Waals surface area contributed by atoms with Gasteiger partial charge in [-0.3, -0.25) is 20.4 Å². The van der Waals surface area contributed by atoms with E-state index in [1.165, 1.54) is 35.5 Å². The number of hydrogen-bond donors (Lipinski definition) is 2. The second-order valence-corrected chi connectivity index (χ2v) is 10.5. The average Bonchev–Trinajstić information content (AvgIpc) is 2.77. The van der Waals surface area contributed by atoms with E-state index in [0.717, 1.165) is 5.56 Å². The van der Waals surface area contributed by atoms with Crippen LogP contribution in [0.4, 0.5) is 4.39 Å². The molecule has 0 spiro atoms. The lowest BCUT2D eigenvalue weighted by atomic mass is 9.98. The fourth-order valence-corrected chi connectivity index (χ4v) is 6.04. The first kappa shape index (κ1) is 25.6. The van der Waals surface area contributed by atoms with Crippen LogP contribution < -0.4 is 15.6 Å². The molecule has 2 aromatic carbocycles. The minimum Gasteiger partial charge on any atom is -0.481 e. The molecule has 1 heterocycles. The van der Waals surface area contributed by atoms with Crippen molar-refractivity contribution in [3.63, 3.8) is 0 Å². The molecule has 8 nitrogen and oxygen atoms in total. The Labute approximate surface area is 199 Å². The zero-order chi connectivity index (χ0) is 25.0. The van der Waals surface area contributed by atoms with Crippen molar-refractivity contribution in [3.8, 4) is 5.75 Å². The number of amides is 2. The third-order valence-corrected chi connectivity index (χ3v) is 8.04. The molecule has 1 saturated heterocycles.